The van der Waals surface area contributed by atoms with Crippen molar-refractivity contribution in [2.45, 2.75) is 25.9 Å². The van der Waals surface area contributed by atoms with Crippen LogP contribution < -0.4 is 10.5 Å². The lowest BCUT2D eigenvalue weighted by Gasteiger charge is -2.10. The number of hydrogen-bond donors (Lipinski definition) is 1. The van der Waals surface area contributed by atoms with Gasteiger partial charge in [0.1, 0.15) is 5.69 Å². The summed E-state index contributed by atoms with van der Waals surface area (Å²) in [4.78, 5) is 7.46. The molecule has 0 aliphatic rings. The van der Waals surface area contributed by atoms with Crippen molar-refractivity contribution < 1.29 is 17.9 Å². The van der Waals surface area contributed by atoms with Crippen LogP contribution in [0.25, 0.3) is 0 Å². The zero-order valence-corrected chi connectivity index (χ0v) is 9.77. The Morgan fingerprint density at radius 1 is 1.35 bits per heavy atom. The van der Waals surface area contributed by atoms with Crippen molar-refractivity contribution in [3.05, 3.63) is 11.0 Å². The molecule has 1 aromatic heterocycles. The van der Waals surface area contributed by atoms with Crippen LogP contribution in [-0.4, -0.2) is 22.8 Å². The highest BCUT2D eigenvalue weighted by atomic mass is 35.5. The highest BCUT2D eigenvalue weighted by Gasteiger charge is 2.26. The van der Waals surface area contributed by atoms with Crippen LogP contribution in [0.2, 0.25) is 5.28 Å². The summed E-state index contributed by atoms with van der Waals surface area (Å²) in [6, 6.07) is 0. The maximum absolute atomic E-state index is 11.9. The molecule has 8 heteroatoms. The number of aryl methyl sites for hydroxylation is 1. The largest absolute Gasteiger partial charge is 0.476 e. The van der Waals surface area contributed by atoms with Crippen LogP contribution >= 0.6 is 11.6 Å². The second-order valence-corrected chi connectivity index (χ2v) is 3.70. The zero-order chi connectivity index (χ0) is 13.1. The number of aromatic nitrogens is 2. The molecule has 0 aliphatic carbocycles. The Morgan fingerprint density at radius 2 is 2.00 bits per heavy atom. The van der Waals surface area contributed by atoms with Gasteiger partial charge in [0.25, 0.3) is 0 Å². The molecule has 1 aromatic rings. The fourth-order valence-corrected chi connectivity index (χ4v) is 1.28. The van der Waals surface area contributed by atoms with Gasteiger partial charge < -0.3 is 10.5 Å². The van der Waals surface area contributed by atoms with Crippen molar-refractivity contribution in [1.82, 2.24) is 9.97 Å². The van der Waals surface area contributed by atoms with Crippen LogP contribution in [0.5, 0.6) is 5.88 Å². The number of nitrogen functional groups attached to an aromatic ring is 1. The maximum Gasteiger partial charge on any atom is 0.389 e. The first-order chi connectivity index (χ1) is 7.79. The van der Waals surface area contributed by atoms with Gasteiger partial charge in [0, 0.05) is 6.42 Å². The van der Waals surface area contributed by atoms with Gasteiger partial charge in [0.05, 0.1) is 12.3 Å². The predicted molar refractivity (Wildman–Crippen MR) is 57.0 cm³/mol. The SMILES string of the molecule is Cc1nc(Cl)nc(OCCCC(F)(F)F)c1N. The number of nitrogens with zero attached hydrogens (tertiary/aromatic N) is 2. The molecule has 0 spiro atoms. The number of alkyl halides is 3. The van der Waals surface area contributed by atoms with Crippen LogP contribution in [0, 0.1) is 6.92 Å². The summed E-state index contributed by atoms with van der Waals surface area (Å²) in [5.74, 6) is 0.0182. The third kappa shape index (κ3) is 4.64. The van der Waals surface area contributed by atoms with Crippen LogP contribution in [0.4, 0.5) is 18.9 Å². The van der Waals surface area contributed by atoms with Crippen molar-refractivity contribution >= 4 is 17.3 Å². The Balaban J connectivity index is 2.52. The summed E-state index contributed by atoms with van der Waals surface area (Å²) in [6.45, 7) is 1.47. The van der Waals surface area contributed by atoms with Crippen LogP contribution in [0.15, 0.2) is 0 Å². The smallest absolute Gasteiger partial charge is 0.389 e. The first-order valence-corrected chi connectivity index (χ1v) is 5.16. The summed E-state index contributed by atoms with van der Waals surface area (Å²) < 4.78 is 40.6. The first-order valence-electron chi connectivity index (χ1n) is 4.79. The van der Waals surface area contributed by atoms with Gasteiger partial charge in [-0.25, -0.2) is 4.98 Å². The van der Waals surface area contributed by atoms with E-state index in [1.54, 1.807) is 6.92 Å². The van der Waals surface area contributed by atoms with Crippen LogP contribution in [-0.2, 0) is 0 Å². The van der Waals surface area contributed by atoms with Gasteiger partial charge in [-0.2, -0.15) is 18.2 Å². The zero-order valence-electron chi connectivity index (χ0n) is 9.01. The molecule has 0 atom stereocenters. The van der Waals surface area contributed by atoms with Crippen molar-refractivity contribution in [2.24, 2.45) is 0 Å². The molecule has 1 rings (SSSR count). The van der Waals surface area contributed by atoms with E-state index in [-0.39, 0.29) is 29.9 Å². The van der Waals surface area contributed by atoms with Crippen LogP contribution in [0.1, 0.15) is 18.5 Å². The Labute approximate surface area is 101 Å². The van der Waals surface area contributed by atoms with Gasteiger partial charge in [-0.05, 0) is 24.9 Å². The lowest BCUT2D eigenvalue weighted by Crippen LogP contribution is -2.11. The number of rotatable bonds is 4. The van der Waals surface area contributed by atoms with Crippen molar-refractivity contribution in [3.63, 3.8) is 0 Å². The fraction of sp³-hybridized carbons (Fsp3) is 0.556. The van der Waals surface area contributed by atoms with E-state index in [9.17, 15) is 13.2 Å². The molecule has 4 nitrogen and oxygen atoms in total. The molecule has 0 amide bonds. The van der Waals surface area contributed by atoms with E-state index in [1.807, 2.05) is 0 Å². The molecule has 96 valence electrons. The Morgan fingerprint density at radius 3 is 2.59 bits per heavy atom. The summed E-state index contributed by atoms with van der Waals surface area (Å²) >= 11 is 5.57. The third-order valence-corrected chi connectivity index (χ3v) is 2.09. The minimum absolute atomic E-state index is 0.0182. The normalized spacial score (nSPS) is 11.6. The second-order valence-electron chi connectivity index (χ2n) is 3.36. The van der Waals surface area contributed by atoms with E-state index in [1.165, 1.54) is 0 Å². The third-order valence-electron chi connectivity index (χ3n) is 1.92. The average molecular weight is 270 g/mol. The molecule has 0 aliphatic heterocycles. The van der Waals surface area contributed by atoms with Gasteiger partial charge >= 0.3 is 6.18 Å². The lowest BCUT2D eigenvalue weighted by atomic mass is 10.3. The van der Waals surface area contributed by atoms with E-state index >= 15 is 0 Å². The molecule has 0 saturated carbocycles. The summed E-state index contributed by atoms with van der Waals surface area (Å²) in [5, 5.41) is -0.0532. The monoisotopic (exact) mass is 269 g/mol. The molecular weight excluding hydrogens is 259 g/mol. The molecule has 17 heavy (non-hydrogen) atoms. The summed E-state index contributed by atoms with van der Waals surface area (Å²) in [5.41, 5.74) is 6.20. The van der Waals surface area contributed by atoms with Gasteiger partial charge in [-0.1, -0.05) is 0 Å². The van der Waals surface area contributed by atoms with Gasteiger partial charge in [-0.15, -0.1) is 0 Å². The second kappa shape index (κ2) is 5.39. The van der Waals surface area contributed by atoms with Gasteiger partial charge in [-0.3, -0.25) is 0 Å². The number of halogens is 4. The quantitative estimate of drug-likeness (QED) is 0.674. The molecule has 0 saturated heterocycles. The van der Waals surface area contributed by atoms with E-state index in [0.717, 1.165) is 0 Å². The number of nitrogens with two attached hydrogens (primary N) is 1. The minimum Gasteiger partial charge on any atom is -0.476 e. The first kappa shape index (κ1) is 13.8. The standard InChI is InChI=1S/C9H11ClF3N3O/c1-5-6(14)7(16-8(10)15-5)17-4-2-3-9(11,12)13/h2-4,14H2,1H3. The number of ether oxygens (including phenoxy) is 1. The molecular formula is C9H11ClF3N3O. The van der Waals surface area contributed by atoms with Crippen molar-refractivity contribution in [2.75, 3.05) is 12.3 Å². The number of hydrogen-bond acceptors (Lipinski definition) is 4. The summed E-state index contributed by atoms with van der Waals surface area (Å²) in [6.07, 6.45) is -5.26. The Bertz CT molecular complexity index is 398. The maximum atomic E-state index is 11.9. The highest BCUT2D eigenvalue weighted by molar-refractivity contribution is 6.28. The summed E-state index contributed by atoms with van der Waals surface area (Å²) in [7, 11) is 0. The predicted octanol–water partition coefficient (Wildman–Crippen LogP) is 2.74. The van der Waals surface area contributed by atoms with Gasteiger partial charge in [0.15, 0.2) is 0 Å². The Hall–Kier alpha value is -1.24. The van der Waals surface area contributed by atoms with Gasteiger partial charge in [0.2, 0.25) is 11.2 Å². The number of anilines is 1. The van der Waals surface area contributed by atoms with E-state index in [2.05, 4.69) is 9.97 Å². The molecule has 0 bridgehead atoms. The Kier molecular flexibility index (Phi) is 4.39. The molecule has 0 fully saturated rings. The molecule has 0 aromatic carbocycles. The fourth-order valence-electron chi connectivity index (χ4n) is 1.07. The molecule has 2 N–H and O–H groups in total. The topological polar surface area (TPSA) is 61.0 Å². The van der Waals surface area contributed by atoms with Crippen LogP contribution in [0.3, 0.4) is 0 Å². The van der Waals surface area contributed by atoms with E-state index in [4.69, 9.17) is 22.1 Å². The lowest BCUT2D eigenvalue weighted by molar-refractivity contribution is -0.136. The molecule has 1 heterocycles. The highest BCUT2D eigenvalue weighted by Crippen LogP contribution is 2.24. The molecule has 0 unspecified atom stereocenters. The van der Waals surface area contributed by atoms with Crippen molar-refractivity contribution in [1.29, 1.82) is 0 Å². The van der Waals surface area contributed by atoms with Crippen molar-refractivity contribution in [3.8, 4) is 5.88 Å². The average Bonchev–Trinajstić information content (AvgIpc) is 2.18. The minimum atomic E-state index is -4.19. The molecule has 0 radical (unpaired) electrons. The van der Waals surface area contributed by atoms with E-state index in [0.29, 0.717) is 5.69 Å². The van der Waals surface area contributed by atoms with E-state index < -0.39 is 12.6 Å².